The molecule has 6 heteroatoms. The van der Waals surface area contributed by atoms with Gasteiger partial charge in [-0.3, -0.25) is 0 Å². The molecule has 122 valence electrons. The fraction of sp³-hybridized carbons (Fsp3) is 0.111. The summed E-state index contributed by atoms with van der Waals surface area (Å²) in [6, 6.07) is 15.5. The van der Waals surface area contributed by atoms with Gasteiger partial charge in [0.1, 0.15) is 11.6 Å². The number of hydrogen-bond acceptors (Lipinski definition) is 5. The van der Waals surface area contributed by atoms with Crippen molar-refractivity contribution in [2.24, 2.45) is 0 Å². The van der Waals surface area contributed by atoms with Crippen LogP contribution in [0.25, 0.3) is 0 Å². The predicted molar refractivity (Wildman–Crippen MR) is 100 cm³/mol. The van der Waals surface area contributed by atoms with Crippen LogP contribution in [-0.4, -0.2) is 17.1 Å². The zero-order valence-electron chi connectivity index (χ0n) is 13.4. The standard InChI is InChI=1S/C18H17BrN4O/c1-12-10-14(6-7-16(12)19)22-18-20-9-8-17(23-18)21-13-4-3-5-15(11-13)24-2/h3-11H,1-2H3,(H2,20,21,22,23). The summed E-state index contributed by atoms with van der Waals surface area (Å²) < 4.78 is 6.30. The second-order valence-corrected chi connectivity index (χ2v) is 6.07. The van der Waals surface area contributed by atoms with Gasteiger partial charge in [-0.2, -0.15) is 4.98 Å². The Morgan fingerprint density at radius 3 is 2.62 bits per heavy atom. The number of nitrogens with one attached hydrogen (secondary N) is 2. The van der Waals surface area contributed by atoms with Crippen LogP contribution in [0, 0.1) is 6.92 Å². The molecule has 0 spiro atoms. The maximum atomic E-state index is 5.23. The number of ether oxygens (including phenoxy) is 1. The summed E-state index contributed by atoms with van der Waals surface area (Å²) in [5, 5.41) is 6.46. The van der Waals surface area contributed by atoms with E-state index in [4.69, 9.17) is 4.74 Å². The summed E-state index contributed by atoms with van der Waals surface area (Å²) in [4.78, 5) is 8.75. The molecule has 0 aliphatic carbocycles. The van der Waals surface area contributed by atoms with Crippen LogP contribution in [0.2, 0.25) is 0 Å². The molecule has 5 nitrogen and oxygen atoms in total. The van der Waals surface area contributed by atoms with Crippen LogP contribution in [0.5, 0.6) is 5.75 Å². The molecule has 0 amide bonds. The minimum atomic E-state index is 0.532. The van der Waals surface area contributed by atoms with Crippen LogP contribution in [0.1, 0.15) is 5.56 Å². The van der Waals surface area contributed by atoms with Crippen LogP contribution >= 0.6 is 15.9 Å². The summed E-state index contributed by atoms with van der Waals surface area (Å²) in [6.45, 7) is 2.04. The summed E-state index contributed by atoms with van der Waals surface area (Å²) in [5.41, 5.74) is 2.98. The molecule has 0 aliphatic heterocycles. The van der Waals surface area contributed by atoms with E-state index in [0.29, 0.717) is 11.8 Å². The predicted octanol–water partition coefficient (Wildman–Crippen LogP) is 5.04. The third-order valence-corrected chi connectivity index (χ3v) is 4.30. The van der Waals surface area contributed by atoms with Gasteiger partial charge in [0.05, 0.1) is 7.11 Å². The minimum Gasteiger partial charge on any atom is -0.497 e. The van der Waals surface area contributed by atoms with E-state index in [-0.39, 0.29) is 0 Å². The van der Waals surface area contributed by atoms with Crippen molar-refractivity contribution in [2.75, 3.05) is 17.7 Å². The minimum absolute atomic E-state index is 0.532. The quantitative estimate of drug-likeness (QED) is 0.644. The van der Waals surface area contributed by atoms with Gasteiger partial charge in [0.15, 0.2) is 0 Å². The fourth-order valence-electron chi connectivity index (χ4n) is 2.19. The van der Waals surface area contributed by atoms with Crippen molar-refractivity contribution in [3.05, 3.63) is 64.8 Å². The number of aromatic nitrogens is 2. The monoisotopic (exact) mass is 384 g/mol. The van der Waals surface area contributed by atoms with Crippen LogP contribution in [0.3, 0.4) is 0 Å². The van der Waals surface area contributed by atoms with Gasteiger partial charge in [-0.25, -0.2) is 4.98 Å². The van der Waals surface area contributed by atoms with Gasteiger partial charge in [-0.15, -0.1) is 0 Å². The molecule has 0 atom stereocenters. The van der Waals surface area contributed by atoms with Crippen molar-refractivity contribution in [1.82, 2.24) is 9.97 Å². The highest BCUT2D eigenvalue weighted by molar-refractivity contribution is 9.10. The van der Waals surface area contributed by atoms with E-state index in [9.17, 15) is 0 Å². The zero-order valence-corrected chi connectivity index (χ0v) is 15.0. The summed E-state index contributed by atoms with van der Waals surface area (Å²) in [6.07, 6.45) is 1.71. The van der Waals surface area contributed by atoms with Crippen LogP contribution < -0.4 is 15.4 Å². The zero-order chi connectivity index (χ0) is 16.9. The van der Waals surface area contributed by atoms with Gasteiger partial charge in [0.2, 0.25) is 5.95 Å². The average molecular weight is 385 g/mol. The Balaban J connectivity index is 1.77. The van der Waals surface area contributed by atoms with E-state index in [2.05, 4.69) is 36.5 Å². The maximum absolute atomic E-state index is 5.23. The summed E-state index contributed by atoms with van der Waals surface area (Å²) in [5.74, 6) is 2.02. The second kappa shape index (κ2) is 7.31. The first kappa shape index (κ1) is 16.3. The highest BCUT2D eigenvalue weighted by atomic mass is 79.9. The van der Waals surface area contributed by atoms with E-state index in [1.165, 1.54) is 0 Å². The van der Waals surface area contributed by atoms with Gasteiger partial charge in [-0.1, -0.05) is 22.0 Å². The Morgan fingerprint density at radius 1 is 1.00 bits per heavy atom. The van der Waals surface area contributed by atoms with Crippen LogP contribution in [0.4, 0.5) is 23.1 Å². The third kappa shape index (κ3) is 4.02. The molecule has 0 unspecified atom stereocenters. The number of nitrogens with zero attached hydrogens (tertiary/aromatic N) is 2. The second-order valence-electron chi connectivity index (χ2n) is 5.21. The molecule has 3 rings (SSSR count). The molecular weight excluding hydrogens is 368 g/mol. The van der Waals surface area contributed by atoms with Gasteiger partial charge >= 0.3 is 0 Å². The molecule has 0 saturated heterocycles. The van der Waals surface area contributed by atoms with Crippen molar-refractivity contribution in [2.45, 2.75) is 6.92 Å². The Labute approximate surface area is 149 Å². The molecule has 1 heterocycles. The Morgan fingerprint density at radius 2 is 1.83 bits per heavy atom. The first-order valence-corrected chi connectivity index (χ1v) is 8.20. The number of halogens is 1. The third-order valence-electron chi connectivity index (χ3n) is 3.41. The summed E-state index contributed by atoms with van der Waals surface area (Å²) in [7, 11) is 1.64. The molecule has 0 bridgehead atoms. The summed E-state index contributed by atoms with van der Waals surface area (Å²) >= 11 is 3.50. The SMILES string of the molecule is COc1cccc(Nc2ccnc(Nc3ccc(Br)c(C)c3)n2)c1. The van der Waals surface area contributed by atoms with Crippen LogP contribution in [-0.2, 0) is 0 Å². The van der Waals surface area contributed by atoms with Gasteiger partial charge in [0.25, 0.3) is 0 Å². The first-order valence-electron chi connectivity index (χ1n) is 7.41. The molecular formula is C18H17BrN4O. The Kier molecular flexibility index (Phi) is 4.96. The van der Waals surface area contributed by atoms with E-state index in [0.717, 1.165) is 27.2 Å². The van der Waals surface area contributed by atoms with Crippen molar-refractivity contribution in [1.29, 1.82) is 0 Å². The van der Waals surface area contributed by atoms with Gasteiger partial charge in [0, 0.05) is 28.1 Å². The largest absolute Gasteiger partial charge is 0.497 e. The Hall–Kier alpha value is -2.60. The molecule has 2 aromatic carbocycles. The fourth-order valence-corrected chi connectivity index (χ4v) is 2.44. The number of anilines is 4. The molecule has 1 aromatic heterocycles. The lowest BCUT2D eigenvalue weighted by Crippen LogP contribution is -2.00. The molecule has 0 aliphatic rings. The molecule has 0 radical (unpaired) electrons. The molecule has 3 aromatic rings. The first-order chi connectivity index (χ1) is 11.6. The number of rotatable bonds is 5. The van der Waals surface area contributed by atoms with Crippen molar-refractivity contribution in [3.8, 4) is 5.75 Å². The smallest absolute Gasteiger partial charge is 0.229 e. The van der Waals surface area contributed by atoms with Gasteiger partial charge in [-0.05, 0) is 48.9 Å². The number of hydrogen-bond donors (Lipinski definition) is 2. The lowest BCUT2D eigenvalue weighted by molar-refractivity contribution is 0.415. The molecule has 0 saturated carbocycles. The highest BCUT2D eigenvalue weighted by Crippen LogP contribution is 2.23. The van der Waals surface area contributed by atoms with E-state index < -0.39 is 0 Å². The number of benzene rings is 2. The number of methoxy groups -OCH3 is 1. The molecule has 0 fully saturated rings. The maximum Gasteiger partial charge on any atom is 0.229 e. The highest BCUT2D eigenvalue weighted by Gasteiger charge is 2.03. The molecule has 2 N–H and O–H groups in total. The van der Waals surface area contributed by atoms with E-state index >= 15 is 0 Å². The van der Waals surface area contributed by atoms with Crippen LogP contribution in [0.15, 0.2) is 59.2 Å². The van der Waals surface area contributed by atoms with Crippen molar-refractivity contribution < 1.29 is 4.74 Å². The Bertz CT molecular complexity index is 854. The van der Waals surface area contributed by atoms with Crippen molar-refractivity contribution >= 4 is 39.1 Å². The van der Waals surface area contributed by atoms with Crippen molar-refractivity contribution in [3.63, 3.8) is 0 Å². The average Bonchev–Trinajstić information content (AvgIpc) is 2.59. The topological polar surface area (TPSA) is 59.1 Å². The van der Waals surface area contributed by atoms with E-state index in [1.54, 1.807) is 13.3 Å². The lowest BCUT2D eigenvalue weighted by atomic mass is 10.2. The number of aryl methyl sites for hydroxylation is 1. The normalized spacial score (nSPS) is 10.3. The van der Waals surface area contributed by atoms with Gasteiger partial charge < -0.3 is 15.4 Å². The van der Waals surface area contributed by atoms with E-state index in [1.807, 2.05) is 55.5 Å². The molecule has 24 heavy (non-hydrogen) atoms. The lowest BCUT2D eigenvalue weighted by Gasteiger charge is -2.10.